The lowest BCUT2D eigenvalue weighted by Crippen LogP contribution is -2.28. The van der Waals surface area contributed by atoms with Gasteiger partial charge in [0, 0.05) is 12.4 Å². The highest BCUT2D eigenvalue weighted by molar-refractivity contribution is 5.94. The summed E-state index contributed by atoms with van der Waals surface area (Å²) in [7, 11) is 0. The van der Waals surface area contributed by atoms with Crippen molar-refractivity contribution in [2.24, 2.45) is 0 Å². The predicted octanol–water partition coefficient (Wildman–Crippen LogP) is 1.75. The number of amides is 1. The molecule has 3 aromatic rings. The second-order valence-electron chi connectivity index (χ2n) is 4.52. The third-order valence-electron chi connectivity index (χ3n) is 3.08. The molecule has 1 N–H and O–H groups in total. The number of halogens is 1. The summed E-state index contributed by atoms with van der Waals surface area (Å²) in [6.45, 7) is 1.76. The Labute approximate surface area is 119 Å². The molecule has 0 saturated carbocycles. The minimum Gasteiger partial charge on any atom is -0.342 e. The number of carbonyl (C=O) groups excluding carboxylic acids is 1. The lowest BCUT2D eigenvalue weighted by atomic mass is 10.2. The molecule has 0 saturated heterocycles. The Kier molecular flexibility index (Phi) is 3.31. The number of fused-ring (bicyclic) bond motifs is 1. The van der Waals surface area contributed by atoms with E-state index in [0.29, 0.717) is 11.5 Å². The van der Waals surface area contributed by atoms with Crippen LogP contribution >= 0.6 is 0 Å². The number of hydrogen-bond donors (Lipinski definition) is 1. The highest BCUT2D eigenvalue weighted by Gasteiger charge is 2.18. The zero-order chi connectivity index (χ0) is 14.8. The largest absolute Gasteiger partial charge is 0.342 e. The molecule has 0 spiro atoms. The Morgan fingerprint density at radius 3 is 2.95 bits per heavy atom. The maximum atomic E-state index is 13.5. The zero-order valence-electron chi connectivity index (χ0n) is 11.2. The molecule has 6 nitrogen and oxygen atoms in total. The van der Waals surface area contributed by atoms with Crippen molar-refractivity contribution < 1.29 is 9.18 Å². The number of nitrogens with one attached hydrogen (secondary N) is 1. The summed E-state index contributed by atoms with van der Waals surface area (Å²) in [5.74, 6) is -0.766. The van der Waals surface area contributed by atoms with Crippen LogP contribution < -0.4 is 5.32 Å². The molecule has 1 unspecified atom stereocenters. The monoisotopic (exact) mass is 285 g/mol. The molecule has 21 heavy (non-hydrogen) atoms. The van der Waals surface area contributed by atoms with Crippen molar-refractivity contribution in [2.45, 2.75) is 13.0 Å². The first kappa shape index (κ1) is 13.2. The molecule has 3 rings (SSSR count). The smallest absolute Gasteiger partial charge is 0.256 e. The standard InChI is InChI=1S/C14H12FN5O/c1-9(13-19-18-11-6-2-3-8-20(11)13)17-14(21)10-5-4-7-16-12(10)15/h2-9H,1H3,(H,17,21). The summed E-state index contributed by atoms with van der Waals surface area (Å²) >= 11 is 0. The molecular weight excluding hydrogens is 273 g/mol. The van der Waals surface area contributed by atoms with Crippen LogP contribution in [0.4, 0.5) is 4.39 Å². The van der Waals surface area contributed by atoms with Crippen molar-refractivity contribution in [2.75, 3.05) is 0 Å². The molecule has 0 fully saturated rings. The van der Waals surface area contributed by atoms with Crippen LogP contribution in [0.15, 0.2) is 42.7 Å². The van der Waals surface area contributed by atoms with Gasteiger partial charge in [-0.25, -0.2) is 4.98 Å². The van der Waals surface area contributed by atoms with E-state index in [2.05, 4.69) is 20.5 Å². The van der Waals surface area contributed by atoms with E-state index in [1.165, 1.54) is 18.3 Å². The average molecular weight is 285 g/mol. The molecule has 0 aliphatic heterocycles. The minimum atomic E-state index is -0.798. The van der Waals surface area contributed by atoms with Crippen molar-refractivity contribution in [3.8, 4) is 0 Å². The molecule has 7 heteroatoms. The number of nitrogens with zero attached hydrogens (tertiary/aromatic N) is 4. The Bertz CT molecular complexity index is 801. The van der Waals surface area contributed by atoms with Gasteiger partial charge >= 0.3 is 0 Å². The van der Waals surface area contributed by atoms with Crippen molar-refractivity contribution in [3.05, 3.63) is 60.1 Å². The van der Waals surface area contributed by atoms with Crippen LogP contribution in [-0.4, -0.2) is 25.5 Å². The van der Waals surface area contributed by atoms with Gasteiger partial charge in [-0.3, -0.25) is 9.20 Å². The maximum absolute atomic E-state index is 13.5. The molecule has 3 aromatic heterocycles. The van der Waals surface area contributed by atoms with Gasteiger partial charge in [0.05, 0.1) is 11.6 Å². The molecule has 0 radical (unpaired) electrons. The summed E-state index contributed by atoms with van der Waals surface area (Å²) in [4.78, 5) is 15.5. The first-order chi connectivity index (χ1) is 10.2. The molecule has 0 bridgehead atoms. The summed E-state index contributed by atoms with van der Waals surface area (Å²) in [5, 5.41) is 10.8. The van der Waals surface area contributed by atoms with Gasteiger partial charge in [0.15, 0.2) is 11.5 Å². The Morgan fingerprint density at radius 2 is 2.14 bits per heavy atom. The first-order valence-corrected chi connectivity index (χ1v) is 6.38. The van der Waals surface area contributed by atoms with Crippen LogP contribution in [0.3, 0.4) is 0 Å². The summed E-state index contributed by atoms with van der Waals surface area (Å²) in [5.41, 5.74) is 0.583. The summed E-state index contributed by atoms with van der Waals surface area (Å²) < 4.78 is 15.2. The molecular formula is C14H12FN5O. The molecule has 0 aromatic carbocycles. The number of pyridine rings is 2. The van der Waals surface area contributed by atoms with Crippen LogP contribution in [0.5, 0.6) is 0 Å². The average Bonchev–Trinajstić information content (AvgIpc) is 2.91. The quantitative estimate of drug-likeness (QED) is 0.744. The summed E-state index contributed by atoms with van der Waals surface area (Å²) in [6, 6.07) is 7.97. The number of aromatic nitrogens is 4. The Morgan fingerprint density at radius 1 is 1.29 bits per heavy atom. The van der Waals surface area contributed by atoms with Crippen molar-refractivity contribution in [1.82, 2.24) is 24.9 Å². The second kappa shape index (κ2) is 5.28. The topological polar surface area (TPSA) is 72.2 Å². The molecule has 1 atom stereocenters. The van der Waals surface area contributed by atoms with E-state index >= 15 is 0 Å². The van der Waals surface area contributed by atoms with E-state index in [0.717, 1.165) is 0 Å². The SMILES string of the molecule is CC(NC(=O)c1cccnc1F)c1nnc2ccccn12. The predicted molar refractivity (Wildman–Crippen MR) is 73.1 cm³/mol. The maximum Gasteiger partial charge on any atom is 0.256 e. The number of rotatable bonds is 3. The first-order valence-electron chi connectivity index (χ1n) is 6.38. The second-order valence-corrected chi connectivity index (χ2v) is 4.52. The lowest BCUT2D eigenvalue weighted by molar-refractivity contribution is 0.0933. The van der Waals surface area contributed by atoms with Gasteiger partial charge in [0.1, 0.15) is 0 Å². The van der Waals surface area contributed by atoms with Gasteiger partial charge in [0.2, 0.25) is 5.95 Å². The van der Waals surface area contributed by atoms with Crippen molar-refractivity contribution in [3.63, 3.8) is 0 Å². The highest BCUT2D eigenvalue weighted by Crippen LogP contribution is 2.13. The fourth-order valence-electron chi connectivity index (χ4n) is 2.05. The molecule has 3 heterocycles. The van der Waals surface area contributed by atoms with Crippen molar-refractivity contribution in [1.29, 1.82) is 0 Å². The molecule has 1 amide bonds. The van der Waals surface area contributed by atoms with Gasteiger partial charge < -0.3 is 5.32 Å². The molecule has 0 aliphatic rings. The van der Waals surface area contributed by atoms with Crippen LogP contribution in [0.25, 0.3) is 5.65 Å². The van der Waals surface area contributed by atoms with Crippen LogP contribution in [-0.2, 0) is 0 Å². The Balaban J connectivity index is 1.85. The van der Waals surface area contributed by atoms with Gasteiger partial charge in [-0.1, -0.05) is 6.07 Å². The lowest BCUT2D eigenvalue weighted by Gasteiger charge is -2.12. The third-order valence-corrected chi connectivity index (χ3v) is 3.08. The summed E-state index contributed by atoms with van der Waals surface area (Å²) in [6.07, 6.45) is 3.10. The van der Waals surface area contributed by atoms with Gasteiger partial charge in [0.25, 0.3) is 5.91 Å². The zero-order valence-corrected chi connectivity index (χ0v) is 11.2. The number of hydrogen-bond acceptors (Lipinski definition) is 4. The third kappa shape index (κ3) is 2.45. The fourth-order valence-corrected chi connectivity index (χ4v) is 2.05. The molecule has 0 aliphatic carbocycles. The van der Waals surface area contributed by atoms with Crippen LogP contribution in [0, 0.1) is 5.95 Å². The van der Waals surface area contributed by atoms with E-state index in [4.69, 9.17) is 0 Å². The Hall–Kier alpha value is -2.83. The van der Waals surface area contributed by atoms with Gasteiger partial charge in [-0.05, 0) is 31.2 Å². The highest BCUT2D eigenvalue weighted by atomic mass is 19.1. The van der Waals surface area contributed by atoms with E-state index in [1.54, 1.807) is 17.5 Å². The van der Waals surface area contributed by atoms with Crippen LogP contribution in [0.1, 0.15) is 29.1 Å². The van der Waals surface area contributed by atoms with Crippen molar-refractivity contribution >= 4 is 11.6 Å². The normalized spacial score (nSPS) is 12.3. The van der Waals surface area contributed by atoms with Crippen LogP contribution in [0.2, 0.25) is 0 Å². The van der Waals surface area contributed by atoms with E-state index < -0.39 is 17.9 Å². The molecule has 106 valence electrons. The number of carbonyl (C=O) groups is 1. The van der Waals surface area contributed by atoms with Gasteiger partial charge in [-0.2, -0.15) is 4.39 Å². The van der Waals surface area contributed by atoms with Gasteiger partial charge in [-0.15, -0.1) is 10.2 Å². The van der Waals surface area contributed by atoms with E-state index in [-0.39, 0.29) is 5.56 Å². The van der Waals surface area contributed by atoms with E-state index in [9.17, 15) is 9.18 Å². The fraction of sp³-hybridized carbons (Fsp3) is 0.143. The van der Waals surface area contributed by atoms with E-state index in [1.807, 2.05) is 18.2 Å². The minimum absolute atomic E-state index is 0.0989.